The first-order chi connectivity index (χ1) is 14.9. The smallest absolute Gasteiger partial charge is 0.240 e. The molecule has 1 saturated heterocycles. The molecule has 170 valence electrons. The molecule has 3 rings (SSSR count). The molecule has 2 aromatic carbocycles. The zero-order chi connectivity index (χ0) is 22.4. The molecule has 0 amide bonds. The van der Waals surface area contributed by atoms with Crippen LogP contribution in [0.4, 0.5) is 0 Å². The van der Waals surface area contributed by atoms with Crippen LogP contribution in [0.3, 0.4) is 0 Å². The Kier molecular flexibility index (Phi) is 8.04. The molecule has 0 saturated carbocycles. The summed E-state index contributed by atoms with van der Waals surface area (Å²) >= 11 is 0. The predicted molar refractivity (Wildman–Crippen MR) is 117 cm³/mol. The SMILES string of the molecule is COc1ccc(S(=O)(=O)NC[C@H]2O[C@@H](CO)[C@@H](O)[C@H]2N(C)CCc2ccccc2)cc1. The largest absolute Gasteiger partial charge is 0.497 e. The third-order valence-electron chi connectivity index (χ3n) is 5.59. The van der Waals surface area contributed by atoms with Crippen LogP contribution in [-0.2, 0) is 21.2 Å². The molecule has 2 aromatic rings. The minimum Gasteiger partial charge on any atom is -0.497 e. The van der Waals surface area contributed by atoms with E-state index in [1.807, 2.05) is 42.3 Å². The number of hydrogen-bond acceptors (Lipinski definition) is 7. The summed E-state index contributed by atoms with van der Waals surface area (Å²) in [4.78, 5) is 2.07. The maximum atomic E-state index is 12.7. The number of hydrogen-bond donors (Lipinski definition) is 3. The second-order valence-electron chi connectivity index (χ2n) is 7.62. The van der Waals surface area contributed by atoms with Crippen molar-refractivity contribution >= 4 is 10.0 Å². The van der Waals surface area contributed by atoms with E-state index >= 15 is 0 Å². The number of benzene rings is 2. The van der Waals surface area contributed by atoms with E-state index in [0.29, 0.717) is 12.3 Å². The van der Waals surface area contributed by atoms with Crippen LogP contribution in [0.1, 0.15) is 5.56 Å². The van der Waals surface area contributed by atoms with Gasteiger partial charge in [-0.15, -0.1) is 0 Å². The molecule has 1 aliphatic heterocycles. The zero-order valence-corrected chi connectivity index (χ0v) is 18.5. The van der Waals surface area contributed by atoms with Gasteiger partial charge in [-0.25, -0.2) is 13.1 Å². The number of sulfonamides is 1. The standard InChI is InChI=1S/C22H30N2O6S/c1-24(13-12-16-6-4-3-5-7-16)21-19(30-20(15-25)22(21)26)14-23-31(27,28)18-10-8-17(29-2)9-11-18/h3-11,19-23,25-26H,12-15H2,1-2H3/t19-,20+,21+,22-/m1/s1. The van der Waals surface area contributed by atoms with Crippen molar-refractivity contribution in [2.24, 2.45) is 0 Å². The highest BCUT2D eigenvalue weighted by Gasteiger charge is 2.45. The number of nitrogens with one attached hydrogen (secondary N) is 1. The van der Waals surface area contributed by atoms with Crippen molar-refractivity contribution in [3.63, 3.8) is 0 Å². The fourth-order valence-electron chi connectivity index (χ4n) is 3.82. The molecule has 0 radical (unpaired) electrons. The molecule has 0 bridgehead atoms. The summed E-state index contributed by atoms with van der Waals surface area (Å²) in [6.45, 7) is 0.281. The first-order valence-electron chi connectivity index (χ1n) is 10.2. The average Bonchev–Trinajstić information content (AvgIpc) is 3.12. The fraction of sp³-hybridized carbons (Fsp3) is 0.455. The third kappa shape index (κ3) is 5.82. The van der Waals surface area contributed by atoms with Gasteiger partial charge < -0.3 is 19.7 Å². The molecule has 0 aromatic heterocycles. The van der Waals surface area contributed by atoms with Gasteiger partial charge in [0.1, 0.15) is 18.0 Å². The lowest BCUT2D eigenvalue weighted by molar-refractivity contribution is -0.0201. The minimum absolute atomic E-state index is 0.0255. The Morgan fingerprint density at radius 2 is 1.77 bits per heavy atom. The zero-order valence-electron chi connectivity index (χ0n) is 17.7. The molecule has 1 heterocycles. The van der Waals surface area contributed by atoms with Crippen LogP contribution < -0.4 is 9.46 Å². The topological polar surface area (TPSA) is 108 Å². The quantitative estimate of drug-likeness (QED) is 0.487. The van der Waals surface area contributed by atoms with E-state index in [1.54, 1.807) is 12.1 Å². The summed E-state index contributed by atoms with van der Waals surface area (Å²) in [5, 5.41) is 20.2. The maximum absolute atomic E-state index is 12.7. The molecular weight excluding hydrogens is 420 g/mol. The van der Waals surface area contributed by atoms with Gasteiger partial charge in [0, 0.05) is 13.1 Å². The molecule has 4 atom stereocenters. The van der Waals surface area contributed by atoms with Crippen molar-refractivity contribution in [3.05, 3.63) is 60.2 Å². The molecule has 3 N–H and O–H groups in total. The summed E-state index contributed by atoms with van der Waals surface area (Å²) in [6, 6.07) is 15.6. The molecule has 1 aliphatic rings. The highest BCUT2D eigenvalue weighted by Crippen LogP contribution is 2.26. The monoisotopic (exact) mass is 450 g/mol. The maximum Gasteiger partial charge on any atom is 0.240 e. The van der Waals surface area contributed by atoms with E-state index < -0.39 is 34.4 Å². The Balaban J connectivity index is 1.66. The molecule has 8 nitrogen and oxygen atoms in total. The first-order valence-corrected chi connectivity index (χ1v) is 11.7. The number of aliphatic hydroxyl groups is 2. The number of nitrogens with zero attached hydrogens (tertiary/aromatic N) is 1. The van der Waals surface area contributed by atoms with Crippen molar-refractivity contribution in [1.29, 1.82) is 0 Å². The number of likely N-dealkylation sites (N-methyl/N-ethyl adjacent to an activating group) is 1. The lowest BCUT2D eigenvalue weighted by Gasteiger charge is -2.30. The van der Waals surface area contributed by atoms with E-state index in [9.17, 15) is 18.6 Å². The van der Waals surface area contributed by atoms with Crippen molar-refractivity contribution in [2.75, 3.05) is 33.9 Å². The summed E-state index contributed by atoms with van der Waals surface area (Å²) in [6.07, 6.45) is -1.53. The number of aliphatic hydroxyl groups excluding tert-OH is 2. The molecule has 9 heteroatoms. The van der Waals surface area contributed by atoms with Gasteiger partial charge in [0.15, 0.2) is 0 Å². The molecule has 0 unspecified atom stereocenters. The van der Waals surface area contributed by atoms with Crippen molar-refractivity contribution in [3.8, 4) is 5.75 Å². The van der Waals surface area contributed by atoms with Gasteiger partial charge in [-0.1, -0.05) is 30.3 Å². The summed E-state index contributed by atoms with van der Waals surface area (Å²) in [5.41, 5.74) is 1.17. The van der Waals surface area contributed by atoms with Crippen LogP contribution >= 0.6 is 0 Å². The Morgan fingerprint density at radius 1 is 1.10 bits per heavy atom. The molecule has 0 spiro atoms. The highest BCUT2D eigenvalue weighted by molar-refractivity contribution is 7.89. The van der Waals surface area contributed by atoms with Gasteiger partial charge in [-0.3, -0.25) is 4.90 Å². The second kappa shape index (κ2) is 10.5. The van der Waals surface area contributed by atoms with Crippen molar-refractivity contribution in [1.82, 2.24) is 9.62 Å². The van der Waals surface area contributed by atoms with Gasteiger partial charge in [-0.05, 0) is 43.3 Å². The van der Waals surface area contributed by atoms with Crippen LogP contribution in [0.25, 0.3) is 0 Å². The lowest BCUT2D eigenvalue weighted by Crippen LogP contribution is -2.50. The Labute approximate surface area is 183 Å². The van der Waals surface area contributed by atoms with E-state index in [1.165, 1.54) is 24.8 Å². The van der Waals surface area contributed by atoms with Gasteiger partial charge in [0.2, 0.25) is 10.0 Å². The molecular formula is C22H30N2O6S. The van der Waals surface area contributed by atoms with Crippen molar-refractivity contribution < 1.29 is 28.1 Å². The number of methoxy groups -OCH3 is 1. The van der Waals surface area contributed by atoms with Crippen molar-refractivity contribution in [2.45, 2.75) is 35.7 Å². The van der Waals surface area contributed by atoms with Gasteiger partial charge in [0.25, 0.3) is 0 Å². The van der Waals surface area contributed by atoms with Crippen LogP contribution in [0.15, 0.2) is 59.5 Å². The summed E-state index contributed by atoms with van der Waals surface area (Å²) in [5.74, 6) is 0.562. The van der Waals surface area contributed by atoms with E-state index in [-0.39, 0.29) is 18.0 Å². The van der Waals surface area contributed by atoms with E-state index in [0.717, 1.165) is 6.42 Å². The van der Waals surface area contributed by atoms with Gasteiger partial charge >= 0.3 is 0 Å². The average molecular weight is 451 g/mol. The lowest BCUT2D eigenvalue weighted by atomic mass is 10.0. The highest BCUT2D eigenvalue weighted by atomic mass is 32.2. The van der Waals surface area contributed by atoms with E-state index in [4.69, 9.17) is 9.47 Å². The number of ether oxygens (including phenoxy) is 2. The third-order valence-corrected chi connectivity index (χ3v) is 7.03. The predicted octanol–water partition coefficient (Wildman–Crippen LogP) is 0.637. The second-order valence-corrected chi connectivity index (χ2v) is 9.39. The molecule has 0 aliphatic carbocycles. The molecule has 1 fully saturated rings. The molecule has 31 heavy (non-hydrogen) atoms. The Hall–Kier alpha value is -2.01. The van der Waals surface area contributed by atoms with Crippen LogP contribution in [0.5, 0.6) is 5.75 Å². The Morgan fingerprint density at radius 3 is 2.39 bits per heavy atom. The van der Waals surface area contributed by atoms with Gasteiger partial charge in [-0.2, -0.15) is 0 Å². The first kappa shape index (κ1) is 23.6. The minimum atomic E-state index is -3.77. The van der Waals surface area contributed by atoms with E-state index in [2.05, 4.69) is 4.72 Å². The van der Waals surface area contributed by atoms with Gasteiger partial charge in [0.05, 0.1) is 30.8 Å². The van der Waals surface area contributed by atoms with Crippen LogP contribution in [-0.4, -0.2) is 81.7 Å². The number of rotatable bonds is 10. The Bertz CT molecular complexity index is 923. The summed E-state index contributed by atoms with van der Waals surface area (Å²) < 4.78 is 38.8. The summed E-state index contributed by atoms with van der Waals surface area (Å²) in [7, 11) is -0.391. The fourth-order valence-corrected chi connectivity index (χ4v) is 4.86. The normalized spacial score (nSPS) is 23.9. The van der Waals surface area contributed by atoms with Crippen LogP contribution in [0.2, 0.25) is 0 Å². The van der Waals surface area contributed by atoms with Crippen LogP contribution in [0, 0.1) is 0 Å².